The summed E-state index contributed by atoms with van der Waals surface area (Å²) in [4.78, 5) is 14.0. The number of anilines is 1. The molecule has 1 aromatic heterocycles. The van der Waals surface area contributed by atoms with Crippen molar-refractivity contribution in [2.45, 2.75) is 32.0 Å². The van der Waals surface area contributed by atoms with Crippen molar-refractivity contribution in [3.8, 4) is 11.4 Å². The maximum absolute atomic E-state index is 13.3. The molecule has 1 aliphatic rings. The predicted molar refractivity (Wildman–Crippen MR) is 127 cm³/mol. The minimum absolute atomic E-state index is 0.244. The van der Waals surface area contributed by atoms with Crippen molar-refractivity contribution >= 4 is 17.3 Å². The van der Waals surface area contributed by atoms with Crippen molar-refractivity contribution in [2.75, 3.05) is 18.6 Å². The van der Waals surface area contributed by atoms with Crippen LogP contribution in [0.15, 0.2) is 66.2 Å². The zero-order chi connectivity index (χ0) is 25.9. The molecule has 0 bridgehead atoms. The second-order valence-corrected chi connectivity index (χ2v) is 8.52. The largest absolute Gasteiger partial charge is 0.494 e. The average molecular weight is 500 g/mol. The van der Waals surface area contributed by atoms with Crippen molar-refractivity contribution in [2.24, 2.45) is 5.11 Å². The molecular weight excluding hydrogens is 473 g/mol. The standard InChI is InChI=1S/C25H25F3N6O2/c1-16-12-31-34(14-16)22-10-8-18(11-23(22)36-2)20(32-29)13-30-19-9-7-17-5-3-4-6-21(17)33(24(19)35)15-25(26,27)28/h3-6,8,10-14,19,29-30H,7,9,15H2,1-2H3/p+1/b20-13-,32-29?. The van der Waals surface area contributed by atoms with Crippen LogP contribution in [0, 0.1) is 12.5 Å². The van der Waals surface area contributed by atoms with Crippen molar-refractivity contribution in [1.29, 1.82) is 5.53 Å². The number of nitrogens with two attached hydrogens (primary N) is 1. The highest BCUT2D eigenvalue weighted by Gasteiger charge is 2.39. The van der Waals surface area contributed by atoms with Gasteiger partial charge in [0.15, 0.2) is 6.04 Å². The van der Waals surface area contributed by atoms with Gasteiger partial charge in [-0.1, -0.05) is 24.3 Å². The Hall–Kier alpha value is -3.99. The van der Waals surface area contributed by atoms with Crippen LogP contribution in [0.25, 0.3) is 11.4 Å². The first kappa shape index (κ1) is 25.1. The van der Waals surface area contributed by atoms with Crippen LogP contribution in [0.3, 0.4) is 0 Å². The van der Waals surface area contributed by atoms with E-state index in [9.17, 15) is 18.0 Å². The van der Waals surface area contributed by atoms with Gasteiger partial charge in [-0.2, -0.15) is 23.4 Å². The van der Waals surface area contributed by atoms with Crippen LogP contribution in [0.2, 0.25) is 0 Å². The number of para-hydroxylation sites is 1. The second kappa shape index (κ2) is 10.3. The number of hydrogen-bond acceptors (Lipinski definition) is 5. The maximum Gasteiger partial charge on any atom is 0.406 e. The van der Waals surface area contributed by atoms with Crippen molar-refractivity contribution in [1.82, 2.24) is 9.78 Å². The van der Waals surface area contributed by atoms with E-state index < -0.39 is 24.7 Å². The van der Waals surface area contributed by atoms with E-state index in [1.807, 2.05) is 13.1 Å². The number of carbonyl (C=O) groups excluding carboxylic acids is 1. The molecule has 0 aliphatic carbocycles. The molecule has 1 unspecified atom stereocenters. The fraction of sp³-hybridized carbons (Fsp3) is 0.280. The van der Waals surface area contributed by atoms with Gasteiger partial charge in [-0.15, -0.1) is 0 Å². The first-order valence-corrected chi connectivity index (χ1v) is 11.3. The van der Waals surface area contributed by atoms with E-state index in [0.717, 1.165) is 10.5 Å². The van der Waals surface area contributed by atoms with Crippen LogP contribution < -0.4 is 15.0 Å². The Bertz CT molecular complexity index is 1300. The molecule has 0 spiro atoms. The Kier molecular flexibility index (Phi) is 7.20. The fourth-order valence-corrected chi connectivity index (χ4v) is 4.24. The number of aryl methyl sites for hydroxylation is 2. The third-order valence-electron chi connectivity index (χ3n) is 5.97. The zero-order valence-corrected chi connectivity index (χ0v) is 19.8. The molecule has 2 aromatic carbocycles. The van der Waals surface area contributed by atoms with Crippen LogP contribution in [0.1, 0.15) is 23.1 Å². The third-order valence-corrected chi connectivity index (χ3v) is 5.97. The summed E-state index contributed by atoms with van der Waals surface area (Å²) in [5.41, 5.74) is 11.1. The topological polar surface area (TPSA) is 100 Å². The molecular formula is C25H26F3N6O2+. The quantitative estimate of drug-likeness (QED) is 0.481. The molecule has 11 heteroatoms. The summed E-state index contributed by atoms with van der Waals surface area (Å²) < 4.78 is 47.1. The maximum atomic E-state index is 13.3. The second-order valence-electron chi connectivity index (χ2n) is 8.52. The number of benzene rings is 2. The molecule has 3 N–H and O–H groups in total. The van der Waals surface area contributed by atoms with E-state index in [1.165, 1.54) is 24.7 Å². The molecule has 36 heavy (non-hydrogen) atoms. The highest BCUT2D eigenvalue weighted by Crippen LogP contribution is 2.30. The Balaban J connectivity index is 1.60. The smallest absolute Gasteiger partial charge is 0.406 e. The van der Waals surface area contributed by atoms with Gasteiger partial charge in [-0.3, -0.25) is 9.69 Å². The monoisotopic (exact) mass is 499 g/mol. The number of aromatic nitrogens is 2. The number of ether oxygens (including phenoxy) is 1. The normalized spacial score (nSPS) is 16.5. The van der Waals surface area contributed by atoms with Gasteiger partial charge >= 0.3 is 6.18 Å². The van der Waals surface area contributed by atoms with Crippen molar-refractivity contribution in [3.05, 3.63) is 77.7 Å². The highest BCUT2D eigenvalue weighted by molar-refractivity contribution is 5.97. The molecule has 4 rings (SSSR count). The summed E-state index contributed by atoms with van der Waals surface area (Å²) in [6, 6.07) is 11.1. The molecule has 8 nitrogen and oxygen atoms in total. The molecule has 0 saturated carbocycles. The number of fused-ring (bicyclic) bond motifs is 1. The van der Waals surface area contributed by atoms with Crippen LogP contribution in [-0.4, -0.2) is 41.6 Å². The van der Waals surface area contributed by atoms with Crippen LogP contribution in [0.5, 0.6) is 5.75 Å². The predicted octanol–water partition coefficient (Wildman–Crippen LogP) is 3.99. The van der Waals surface area contributed by atoms with Gasteiger partial charge < -0.3 is 10.1 Å². The number of carbonyl (C=O) groups is 1. The lowest BCUT2D eigenvalue weighted by Crippen LogP contribution is -2.88. The van der Waals surface area contributed by atoms with Gasteiger partial charge in [-0.05, 0) is 42.7 Å². The van der Waals surface area contributed by atoms with Gasteiger partial charge in [0.1, 0.15) is 29.9 Å². The number of alkyl halides is 3. The van der Waals surface area contributed by atoms with E-state index in [2.05, 4.69) is 10.2 Å². The van der Waals surface area contributed by atoms with E-state index in [0.29, 0.717) is 35.4 Å². The van der Waals surface area contributed by atoms with Crippen LogP contribution in [-0.2, 0) is 11.2 Å². The first-order valence-electron chi connectivity index (χ1n) is 11.3. The molecule has 0 saturated heterocycles. The van der Waals surface area contributed by atoms with Gasteiger partial charge in [0.2, 0.25) is 0 Å². The Morgan fingerprint density at radius 1 is 1.28 bits per heavy atom. The molecule has 0 radical (unpaired) electrons. The lowest BCUT2D eigenvalue weighted by Gasteiger charge is -2.25. The fourth-order valence-electron chi connectivity index (χ4n) is 4.24. The Labute approximate surface area is 205 Å². The van der Waals surface area contributed by atoms with Crippen LogP contribution >= 0.6 is 0 Å². The minimum atomic E-state index is -4.54. The summed E-state index contributed by atoms with van der Waals surface area (Å²) in [6.45, 7) is 0.557. The summed E-state index contributed by atoms with van der Waals surface area (Å²) in [6.07, 6.45) is 1.32. The summed E-state index contributed by atoms with van der Waals surface area (Å²) in [5, 5.41) is 9.40. The number of halogens is 3. The molecule has 1 aliphatic heterocycles. The van der Waals surface area contributed by atoms with E-state index in [-0.39, 0.29) is 11.4 Å². The lowest BCUT2D eigenvalue weighted by atomic mass is 10.1. The number of hydrogen-bond donors (Lipinski definition) is 2. The number of nitrogens with one attached hydrogen (secondary N) is 1. The lowest BCUT2D eigenvalue weighted by molar-refractivity contribution is -0.612. The first-order chi connectivity index (χ1) is 17.2. The number of rotatable bonds is 7. The number of methoxy groups -OCH3 is 1. The Morgan fingerprint density at radius 2 is 2.06 bits per heavy atom. The third kappa shape index (κ3) is 5.46. The summed E-state index contributed by atoms with van der Waals surface area (Å²) in [5.74, 6) is -0.137. The molecule has 2 heterocycles. The van der Waals surface area contributed by atoms with E-state index in [4.69, 9.17) is 10.3 Å². The molecule has 1 amide bonds. The molecule has 3 aromatic rings. The van der Waals surface area contributed by atoms with E-state index in [1.54, 1.807) is 47.3 Å². The molecule has 188 valence electrons. The van der Waals surface area contributed by atoms with Gasteiger partial charge in [0.25, 0.3) is 5.91 Å². The summed E-state index contributed by atoms with van der Waals surface area (Å²) in [7, 11) is 1.52. The SMILES string of the molecule is COc1cc(/C(=C/[NH2+]C2CCc3ccccc3N(CC(F)(F)F)C2=O)N=N)ccc1-n1cc(C)cn1. The molecule has 1 atom stereocenters. The molecule has 0 fully saturated rings. The average Bonchev–Trinajstić information content (AvgIpc) is 3.24. The Morgan fingerprint density at radius 3 is 2.72 bits per heavy atom. The van der Waals surface area contributed by atoms with Crippen molar-refractivity contribution in [3.63, 3.8) is 0 Å². The zero-order valence-electron chi connectivity index (χ0n) is 19.8. The van der Waals surface area contributed by atoms with Crippen LogP contribution in [0.4, 0.5) is 18.9 Å². The summed E-state index contributed by atoms with van der Waals surface area (Å²) >= 11 is 0. The van der Waals surface area contributed by atoms with Gasteiger partial charge in [-0.25, -0.2) is 10.2 Å². The van der Waals surface area contributed by atoms with Crippen molar-refractivity contribution < 1.29 is 28.0 Å². The highest BCUT2D eigenvalue weighted by atomic mass is 19.4. The van der Waals surface area contributed by atoms with Gasteiger partial charge in [0, 0.05) is 23.9 Å². The minimum Gasteiger partial charge on any atom is -0.494 e. The number of quaternary nitrogens is 1. The van der Waals surface area contributed by atoms with E-state index >= 15 is 0 Å². The number of amides is 1. The number of nitrogens with zero attached hydrogens (tertiary/aromatic N) is 4. The van der Waals surface area contributed by atoms with Gasteiger partial charge in [0.05, 0.1) is 13.3 Å².